The Morgan fingerprint density at radius 1 is 1.11 bits per heavy atom. The number of nitrogens with one attached hydrogen (secondary N) is 1. The molecule has 28 heavy (non-hydrogen) atoms. The summed E-state index contributed by atoms with van der Waals surface area (Å²) in [4.78, 5) is 22.3. The van der Waals surface area contributed by atoms with Gasteiger partial charge in [-0.1, -0.05) is 23.4 Å². The monoisotopic (exact) mass is 394 g/mol. The van der Waals surface area contributed by atoms with Crippen LogP contribution < -0.4 is 5.32 Å². The Balaban J connectivity index is 1.92. The molecule has 0 bridgehead atoms. The Hall–Kier alpha value is -3.56. The molecule has 1 atom stereocenters. The molecule has 0 saturated heterocycles. The highest BCUT2D eigenvalue weighted by atomic mass is 19.4. The van der Waals surface area contributed by atoms with Gasteiger partial charge in [0.15, 0.2) is 0 Å². The lowest BCUT2D eigenvalue weighted by Gasteiger charge is -2.16. The van der Waals surface area contributed by atoms with Gasteiger partial charge in [-0.2, -0.15) is 13.2 Å². The van der Waals surface area contributed by atoms with Crippen LogP contribution in [0.2, 0.25) is 0 Å². The molecular formula is C18H13F3N2O5. The van der Waals surface area contributed by atoms with E-state index in [-0.39, 0.29) is 11.3 Å². The molecule has 0 spiro atoms. The second-order valence-electron chi connectivity index (χ2n) is 5.92. The average Bonchev–Trinajstić information content (AvgIpc) is 3.01. The lowest BCUT2D eigenvalue weighted by molar-refractivity contribution is -0.175. The van der Waals surface area contributed by atoms with Crippen molar-refractivity contribution < 1.29 is 37.5 Å². The van der Waals surface area contributed by atoms with Crippen LogP contribution in [0.3, 0.4) is 0 Å². The number of nitrogens with zero attached hydrogens (tertiary/aromatic N) is 1. The van der Waals surface area contributed by atoms with Crippen molar-refractivity contribution in [3.05, 3.63) is 48.0 Å². The van der Waals surface area contributed by atoms with E-state index in [1.165, 1.54) is 11.4 Å². The van der Waals surface area contributed by atoms with E-state index in [1.54, 1.807) is 36.4 Å². The molecule has 2 aromatic carbocycles. The third-order valence-electron chi connectivity index (χ3n) is 4.09. The van der Waals surface area contributed by atoms with E-state index in [1.807, 2.05) is 0 Å². The molecule has 0 unspecified atom stereocenters. The number of para-hydroxylation sites is 1. The molecular weight excluding hydrogens is 381 g/mol. The van der Waals surface area contributed by atoms with Gasteiger partial charge in [0.1, 0.15) is 17.2 Å². The number of carboxylic acids is 1. The van der Waals surface area contributed by atoms with Gasteiger partial charge in [0.25, 0.3) is 0 Å². The maximum Gasteiger partial charge on any atom is 0.471 e. The first kappa shape index (κ1) is 19.2. The van der Waals surface area contributed by atoms with Gasteiger partial charge in [0, 0.05) is 22.8 Å². The number of rotatable bonds is 5. The van der Waals surface area contributed by atoms with Crippen molar-refractivity contribution in [2.75, 3.05) is 0 Å². The zero-order valence-corrected chi connectivity index (χ0v) is 14.0. The van der Waals surface area contributed by atoms with E-state index in [4.69, 9.17) is 9.52 Å². The SMILES string of the molecule is O=C(O)[C@H](CC(=NO)c1ccc2oc3ccccc3c2c1)NC(=O)C(F)(F)F. The summed E-state index contributed by atoms with van der Waals surface area (Å²) in [6.45, 7) is 0. The van der Waals surface area contributed by atoms with E-state index < -0.39 is 30.5 Å². The van der Waals surface area contributed by atoms with E-state index >= 15 is 0 Å². The Morgan fingerprint density at radius 2 is 1.79 bits per heavy atom. The predicted octanol–water partition coefficient (Wildman–Crippen LogP) is 3.29. The Labute approximate surface area is 155 Å². The number of furan rings is 1. The Morgan fingerprint density at radius 3 is 2.43 bits per heavy atom. The number of fused-ring (bicyclic) bond motifs is 3. The van der Waals surface area contributed by atoms with Crippen LogP contribution in [0.25, 0.3) is 21.9 Å². The molecule has 0 aliphatic heterocycles. The smallest absolute Gasteiger partial charge is 0.471 e. The van der Waals surface area contributed by atoms with Gasteiger partial charge in [0.2, 0.25) is 0 Å². The summed E-state index contributed by atoms with van der Waals surface area (Å²) < 4.78 is 42.9. The van der Waals surface area contributed by atoms with Gasteiger partial charge in [-0.25, -0.2) is 4.79 Å². The molecule has 0 radical (unpaired) electrons. The number of hydrogen-bond donors (Lipinski definition) is 3. The number of alkyl halides is 3. The molecule has 0 aliphatic carbocycles. The van der Waals surface area contributed by atoms with Gasteiger partial charge in [-0.05, 0) is 24.3 Å². The van der Waals surface area contributed by atoms with Crippen LogP contribution in [-0.2, 0) is 9.59 Å². The molecule has 7 nitrogen and oxygen atoms in total. The fraction of sp³-hybridized carbons (Fsp3) is 0.167. The van der Waals surface area contributed by atoms with E-state index in [9.17, 15) is 28.0 Å². The quantitative estimate of drug-likeness (QED) is 0.349. The van der Waals surface area contributed by atoms with Gasteiger partial charge in [-0.15, -0.1) is 0 Å². The largest absolute Gasteiger partial charge is 0.480 e. The van der Waals surface area contributed by atoms with Crippen molar-refractivity contribution in [1.29, 1.82) is 0 Å². The van der Waals surface area contributed by atoms with Gasteiger partial charge < -0.3 is 20.0 Å². The molecule has 3 rings (SSSR count). The van der Waals surface area contributed by atoms with Crippen molar-refractivity contribution in [3.8, 4) is 0 Å². The predicted molar refractivity (Wildman–Crippen MR) is 92.3 cm³/mol. The summed E-state index contributed by atoms with van der Waals surface area (Å²) in [5, 5.41) is 24.2. The first-order chi connectivity index (χ1) is 13.2. The minimum atomic E-state index is -5.24. The minimum absolute atomic E-state index is 0.206. The van der Waals surface area contributed by atoms with Crippen molar-refractivity contribution in [2.45, 2.75) is 18.6 Å². The number of benzene rings is 2. The van der Waals surface area contributed by atoms with Crippen LogP contribution in [0.4, 0.5) is 13.2 Å². The standard InChI is InChI=1S/C18H13F3N2O5/c19-18(20,21)17(26)22-13(16(24)25)8-12(23-27)9-5-6-15-11(7-9)10-3-1-2-4-14(10)28-15/h1-7,13,27H,8H2,(H,22,26)(H,24,25)/t13-/m0/s1. The summed E-state index contributed by atoms with van der Waals surface area (Å²) >= 11 is 0. The molecule has 3 aromatic rings. The highest BCUT2D eigenvalue weighted by Crippen LogP contribution is 2.29. The zero-order chi connectivity index (χ0) is 20.5. The summed E-state index contributed by atoms with van der Waals surface area (Å²) in [6.07, 6.45) is -5.90. The molecule has 146 valence electrons. The second-order valence-corrected chi connectivity index (χ2v) is 5.92. The number of oxime groups is 1. The van der Waals surface area contributed by atoms with E-state index in [0.29, 0.717) is 16.6 Å². The van der Waals surface area contributed by atoms with Crippen LogP contribution in [-0.4, -0.2) is 40.1 Å². The fourth-order valence-electron chi connectivity index (χ4n) is 2.76. The molecule has 0 saturated carbocycles. The highest BCUT2D eigenvalue weighted by molar-refractivity contribution is 6.10. The van der Waals surface area contributed by atoms with Crippen molar-refractivity contribution in [1.82, 2.24) is 5.32 Å². The summed E-state index contributed by atoms with van der Waals surface area (Å²) in [5.41, 5.74) is 1.21. The minimum Gasteiger partial charge on any atom is -0.480 e. The van der Waals surface area contributed by atoms with Crippen molar-refractivity contribution in [2.24, 2.45) is 5.16 Å². The molecule has 1 amide bonds. The third kappa shape index (κ3) is 3.75. The molecule has 1 aromatic heterocycles. The number of hydrogen-bond acceptors (Lipinski definition) is 5. The molecule has 3 N–H and O–H groups in total. The summed E-state index contributed by atoms with van der Waals surface area (Å²) in [5.74, 6) is -4.10. The van der Waals surface area contributed by atoms with E-state index in [0.717, 1.165) is 5.39 Å². The average molecular weight is 394 g/mol. The van der Waals surface area contributed by atoms with Gasteiger partial charge in [-0.3, -0.25) is 4.79 Å². The number of aliphatic carboxylic acids is 1. The second kappa shape index (κ2) is 7.22. The highest BCUT2D eigenvalue weighted by Gasteiger charge is 2.41. The number of amides is 1. The van der Waals surface area contributed by atoms with Crippen molar-refractivity contribution in [3.63, 3.8) is 0 Å². The fourth-order valence-corrected chi connectivity index (χ4v) is 2.76. The van der Waals surface area contributed by atoms with Crippen LogP contribution in [0.1, 0.15) is 12.0 Å². The van der Waals surface area contributed by atoms with Crippen LogP contribution in [0.15, 0.2) is 52.0 Å². The normalized spacial score (nSPS) is 13.6. The number of carbonyl (C=O) groups is 2. The summed E-state index contributed by atoms with van der Waals surface area (Å²) in [7, 11) is 0. The number of carbonyl (C=O) groups excluding carboxylic acids is 1. The number of halogens is 3. The molecule has 10 heteroatoms. The Kier molecular flexibility index (Phi) is 4.95. The van der Waals surface area contributed by atoms with Crippen LogP contribution in [0, 0.1) is 0 Å². The summed E-state index contributed by atoms with van der Waals surface area (Å²) in [6, 6.07) is 9.81. The molecule has 0 fully saturated rings. The maximum absolute atomic E-state index is 12.4. The molecule has 1 heterocycles. The first-order valence-electron chi connectivity index (χ1n) is 7.94. The molecule has 0 aliphatic rings. The van der Waals surface area contributed by atoms with Crippen LogP contribution >= 0.6 is 0 Å². The first-order valence-corrected chi connectivity index (χ1v) is 7.94. The third-order valence-corrected chi connectivity index (χ3v) is 4.09. The van der Waals surface area contributed by atoms with Crippen molar-refractivity contribution >= 4 is 39.5 Å². The van der Waals surface area contributed by atoms with Crippen LogP contribution in [0.5, 0.6) is 0 Å². The lowest BCUT2D eigenvalue weighted by atomic mass is 10.0. The van der Waals surface area contributed by atoms with Gasteiger partial charge in [0.05, 0.1) is 5.71 Å². The lowest BCUT2D eigenvalue weighted by Crippen LogP contribution is -2.47. The van der Waals surface area contributed by atoms with Gasteiger partial charge >= 0.3 is 18.1 Å². The zero-order valence-electron chi connectivity index (χ0n) is 14.0. The maximum atomic E-state index is 12.4. The van der Waals surface area contributed by atoms with E-state index in [2.05, 4.69) is 5.16 Å². The number of carboxylic acid groups (broad SMARTS) is 1. The Bertz CT molecular complexity index is 1090. The topological polar surface area (TPSA) is 112 Å².